The highest BCUT2D eigenvalue weighted by atomic mass is 16.5. The highest BCUT2D eigenvalue weighted by Crippen LogP contribution is 2.18. The number of carbonyl (C=O) groups is 1. The smallest absolute Gasteiger partial charge is 0.310 e. The summed E-state index contributed by atoms with van der Waals surface area (Å²) in [5.74, 6) is 0.535. The van der Waals surface area contributed by atoms with Crippen LogP contribution >= 0.6 is 0 Å². The van der Waals surface area contributed by atoms with Crippen LogP contribution in [0, 0.1) is 5.92 Å². The summed E-state index contributed by atoms with van der Waals surface area (Å²) in [6.07, 6.45) is 2.83. The van der Waals surface area contributed by atoms with Crippen LogP contribution in [-0.4, -0.2) is 54.9 Å². The topological polar surface area (TPSA) is 72.1 Å². The van der Waals surface area contributed by atoms with E-state index in [2.05, 4.69) is 4.90 Å². The molecular weight excluding hydrogens is 286 g/mol. The molecule has 1 aliphatic heterocycles. The van der Waals surface area contributed by atoms with Gasteiger partial charge in [0.25, 0.3) is 0 Å². The van der Waals surface area contributed by atoms with Crippen molar-refractivity contribution in [1.82, 2.24) is 4.90 Å². The quantitative estimate of drug-likeness (QED) is 0.732. The number of esters is 1. The number of ether oxygens (including phenoxy) is 2. The molecule has 0 aromatic carbocycles. The summed E-state index contributed by atoms with van der Waals surface area (Å²) in [4.78, 5) is 13.9. The first kappa shape index (κ1) is 17.0. The number of hydrogen-bond donors (Lipinski definition) is 1. The number of likely N-dealkylation sites (tertiary alicyclic amines) is 1. The van der Waals surface area contributed by atoms with E-state index >= 15 is 0 Å². The lowest BCUT2D eigenvalue weighted by molar-refractivity contribution is -0.150. The van der Waals surface area contributed by atoms with Gasteiger partial charge in [0.2, 0.25) is 0 Å². The van der Waals surface area contributed by atoms with Crippen molar-refractivity contribution in [2.75, 3.05) is 32.8 Å². The summed E-state index contributed by atoms with van der Waals surface area (Å²) >= 11 is 0. The maximum absolute atomic E-state index is 11.8. The second-order valence-corrected chi connectivity index (χ2v) is 5.60. The third-order valence-electron chi connectivity index (χ3n) is 3.73. The number of β-amino-alcohol motifs (C(OH)–C–C–N with tert-alkyl or cyclic N) is 1. The van der Waals surface area contributed by atoms with E-state index in [1.807, 2.05) is 13.0 Å². The molecule has 1 fully saturated rings. The van der Waals surface area contributed by atoms with Crippen LogP contribution < -0.4 is 0 Å². The van der Waals surface area contributed by atoms with Gasteiger partial charge in [0.1, 0.15) is 12.4 Å². The molecule has 0 amide bonds. The molecule has 0 saturated carbocycles. The van der Waals surface area contributed by atoms with E-state index in [9.17, 15) is 9.90 Å². The fourth-order valence-electron chi connectivity index (χ4n) is 2.71. The Bertz CT molecular complexity index is 434. The van der Waals surface area contributed by atoms with Crippen LogP contribution in [0.2, 0.25) is 0 Å². The fraction of sp³-hybridized carbons (Fsp3) is 0.688. The first-order valence-electron chi connectivity index (χ1n) is 7.86. The van der Waals surface area contributed by atoms with Gasteiger partial charge in [0.05, 0.1) is 31.5 Å². The van der Waals surface area contributed by atoms with Gasteiger partial charge < -0.3 is 19.0 Å². The van der Waals surface area contributed by atoms with Crippen LogP contribution in [0.15, 0.2) is 22.8 Å². The average Bonchev–Trinajstić information content (AvgIpc) is 3.01. The van der Waals surface area contributed by atoms with Crippen LogP contribution in [0.4, 0.5) is 0 Å². The second-order valence-electron chi connectivity index (χ2n) is 5.60. The van der Waals surface area contributed by atoms with Crippen molar-refractivity contribution in [1.29, 1.82) is 0 Å². The van der Waals surface area contributed by atoms with Gasteiger partial charge in [-0.25, -0.2) is 0 Å². The predicted molar refractivity (Wildman–Crippen MR) is 80.2 cm³/mol. The van der Waals surface area contributed by atoms with Crippen molar-refractivity contribution < 1.29 is 23.8 Å². The normalized spacial score (nSPS) is 20.7. The van der Waals surface area contributed by atoms with E-state index in [1.54, 1.807) is 12.3 Å². The molecule has 1 saturated heterocycles. The van der Waals surface area contributed by atoms with Crippen LogP contribution in [0.1, 0.15) is 25.5 Å². The molecule has 2 atom stereocenters. The average molecular weight is 311 g/mol. The van der Waals surface area contributed by atoms with E-state index in [0.29, 0.717) is 26.3 Å². The number of carbonyl (C=O) groups excluding carboxylic acids is 1. The van der Waals surface area contributed by atoms with E-state index < -0.39 is 6.10 Å². The van der Waals surface area contributed by atoms with Gasteiger partial charge in [-0.3, -0.25) is 9.69 Å². The predicted octanol–water partition coefficient (Wildman–Crippen LogP) is 1.43. The fourth-order valence-corrected chi connectivity index (χ4v) is 2.71. The lowest BCUT2D eigenvalue weighted by atomic mass is 9.98. The number of aliphatic hydroxyl groups is 1. The summed E-state index contributed by atoms with van der Waals surface area (Å²) in [5.41, 5.74) is 0. The van der Waals surface area contributed by atoms with E-state index in [4.69, 9.17) is 13.9 Å². The third-order valence-corrected chi connectivity index (χ3v) is 3.73. The molecule has 22 heavy (non-hydrogen) atoms. The van der Waals surface area contributed by atoms with Gasteiger partial charge in [-0.15, -0.1) is 0 Å². The van der Waals surface area contributed by atoms with Crippen molar-refractivity contribution in [3.05, 3.63) is 24.2 Å². The second kappa shape index (κ2) is 8.92. The molecule has 0 bridgehead atoms. The Hall–Kier alpha value is -1.37. The standard InChI is InChI=1S/C16H25NO5/c1-2-21-16(19)13-5-3-7-17(9-13)10-14(18)11-20-12-15-6-4-8-22-15/h4,6,8,13-14,18H,2-3,5,7,9-12H2,1H3. The molecule has 2 unspecified atom stereocenters. The van der Waals surface area contributed by atoms with Crippen molar-refractivity contribution in [2.45, 2.75) is 32.5 Å². The lowest BCUT2D eigenvalue weighted by Crippen LogP contribution is -2.43. The number of piperidine rings is 1. The summed E-state index contributed by atoms with van der Waals surface area (Å²) < 4.78 is 15.7. The van der Waals surface area contributed by atoms with Crippen LogP contribution in [-0.2, 0) is 20.9 Å². The number of aliphatic hydroxyl groups excluding tert-OH is 1. The Balaban J connectivity index is 1.67. The van der Waals surface area contributed by atoms with Gasteiger partial charge in [-0.1, -0.05) is 0 Å². The van der Waals surface area contributed by atoms with Crippen molar-refractivity contribution >= 4 is 5.97 Å². The molecular formula is C16H25NO5. The summed E-state index contributed by atoms with van der Waals surface area (Å²) in [5, 5.41) is 10.0. The number of furan rings is 1. The van der Waals surface area contributed by atoms with Crippen molar-refractivity contribution in [3.63, 3.8) is 0 Å². The molecule has 6 nitrogen and oxygen atoms in total. The zero-order valence-corrected chi connectivity index (χ0v) is 13.1. The maximum Gasteiger partial charge on any atom is 0.310 e. The Kier molecular flexibility index (Phi) is 6.89. The SMILES string of the molecule is CCOC(=O)C1CCCN(CC(O)COCc2ccco2)C1. The summed E-state index contributed by atoms with van der Waals surface area (Å²) in [7, 11) is 0. The molecule has 6 heteroatoms. The van der Waals surface area contributed by atoms with Gasteiger partial charge in [0, 0.05) is 13.1 Å². The highest BCUT2D eigenvalue weighted by Gasteiger charge is 2.27. The molecule has 1 N–H and O–H groups in total. The number of nitrogens with zero attached hydrogens (tertiary/aromatic N) is 1. The van der Waals surface area contributed by atoms with Gasteiger partial charge in [-0.2, -0.15) is 0 Å². The molecule has 124 valence electrons. The van der Waals surface area contributed by atoms with E-state index in [0.717, 1.165) is 25.1 Å². The van der Waals surface area contributed by atoms with E-state index in [1.165, 1.54) is 0 Å². The molecule has 2 rings (SSSR count). The number of hydrogen-bond acceptors (Lipinski definition) is 6. The zero-order chi connectivity index (χ0) is 15.8. The van der Waals surface area contributed by atoms with Gasteiger partial charge in [0.15, 0.2) is 0 Å². The Morgan fingerprint density at radius 3 is 3.18 bits per heavy atom. The molecule has 1 aliphatic rings. The van der Waals surface area contributed by atoms with Gasteiger partial charge in [-0.05, 0) is 38.4 Å². The van der Waals surface area contributed by atoms with Crippen molar-refractivity contribution in [3.8, 4) is 0 Å². The third kappa shape index (κ3) is 5.44. The van der Waals surface area contributed by atoms with Gasteiger partial charge >= 0.3 is 5.97 Å². The largest absolute Gasteiger partial charge is 0.467 e. The Labute approximate surface area is 131 Å². The van der Waals surface area contributed by atoms with Crippen LogP contribution in [0.3, 0.4) is 0 Å². The molecule has 1 aromatic rings. The monoisotopic (exact) mass is 311 g/mol. The minimum Gasteiger partial charge on any atom is -0.467 e. The summed E-state index contributed by atoms with van der Waals surface area (Å²) in [6.45, 7) is 4.89. The first-order chi connectivity index (χ1) is 10.7. The van der Waals surface area contributed by atoms with Crippen molar-refractivity contribution in [2.24, 2.45) is 5.92 Å². The van der Waals surface area contributed by atoms with Crippen LogP contribution in [0.25, 0.3) is 0 Å². The minimum absolute atomic E-state index is 0.0788. The molecule has 0 aliphatic carbocycles. The minimum atomic E-state index is -0.573. The molecule has 2 heterocycles. The molecule has 0 radical (unpaired) electrons. The Morgan fingerprint density at radius 2 is 2.45 bits per heavy atom. The van der Waals surface area contributed by atoms with Crippen LogP contribution in [0.5, 0.6) is 0 Å². The number of rotatable bonds is 8. The molecule has 1 aromatic heterocycles. The van der Waals surface area contributed by atoms with E-state index in [-0.39, 0.29) is 18.5 Å². The Morgan fingerprint density at radius 1 is 1.59 bits per heavy atom. The first-order valence-corrected chi connectivity index (χ1v) is 7.86. The summed E-state index contributed by atoms with van der Waals surface area (Å²) in [6, 6.07) is 3.64. The maximum atomic E-state index is 11.8. The molecule has 0 spiro atoms. The highest BCUT2D eigenvalue weighted by molar-refractivity contribution is 5.72. The zero-order valence-electron chi connectivity index (χ0n) is 13.1. The lowest BCUT2D eigenvalue weighted by Gasteiger charge is -2.32.